The summed E-state index contributed by atoms with van der Waals surface area (Å²) in [5, 5.41) is 24.7. The third kappa shape index (κ3) is 9.99. The third-order valence-electron chi connectivity index (χ3n) is 5.16. The van der Waals surface area contributed by atoms with Crippen LogP contribution in [0.25, 0.3) is 0 Å². The van der Waals surface area contributed by atoms with E-state index >= 15 is 0 Å². The molecule has 0 spiro atoms. The van der Waals surface area contributed by atoms with Crippen LogP contribution in [0.1, 0.15) is 65.1 Å². The molecule has 11 nitrogen and oxygen atoms in total. The number of hydrogen-bond donors (Lipinski definition) is 3. The largest absolute Gasteiger partial charge is 0.508 e. The fourth-order valence-corrected chi connectivity index (χ4v) is 3.44. The van der Waals surface area contributed by atoms with Crippen LogP contribution < -0.4 is 10.6 Å². The van der Waals surface area contributed by atoms with E-state index in [0.29, 0.717) is 11.1 Å². The standard InChI is InChI=1S/C26H38N4O7/c1-8-36-20(32)11-13-28-23(33)22(18-9-10-19(31)17(4)15-18)30(14-12-27)24(34)21(16(2)3)29-25(35)37-26(5,6)7/h9-10,15-16,21-22,31H,8,11,13-14H2,1-7H3,(H,28,33)(H,29,35). The van der Waals surface area contributed by atoms with E-state index in [4.69, 9.17) is 9.47 Å². The highest BCUT2D eigenvalue weighted by molar-refractivity contribution is 5.92. The zero-order valence-corrected chi connectivity index (χ0v) is 22.6. The number of alkyl carbamates (subject to hydrolysis) is 1. The van der Waals surface area contributed by atoms with Gasteiger partial charge < -0.3 is 30.1 Å². The van der Waals surface area contributed by atoms with Gasteiger partial charge in [0, 0.05) is 6.54 Å². The number of carbonyl (C=O) groups excluding carboxylic acids is 4. The molecule has 37 heavy (non-hydrogen) atoms. The van der Waals surface area contributed by atoms with Gasteiger partial charge in [0.2, 0.25) is 11.8 Å². The molecule has 0 aromatic heterocycles. The first kappa shape index (κ1) is 31.2. The number of nitrogens with zero attached hydrogens (tertiary/aromatic N) is 2. The summed E-state index contributed by atoms with van der Waals surface area (Å²) >= 11 is 0. The van der Waals surface area contributed by atoms with Gasteiger partial charge in [-0.3, -0.25) is 14.4 Å². The predicted octanol–water partition coefficient (Wildman–Crippen LogP) is 2.71. The van der Waals surface area contributed by atoms with Crippen LogP contribution in [0, 0.1) is 24.2 Å². The number of aryl methyl sites for hydroxylation is 1. The Morgan fingerprint density at radius 3 is 2.35 bits per heavy atom. The first-order valence-electron chi connectivity index (χ1n) is 12.1. The van der Waals surface area contributed by atoms with E-state index < -0.39 is 54.0 Å². The Morgan fingerprint density at radius 1 is 1.19 bits per heavy atom. The van der Waals surface area contributed by atoms with Crippen molar-refractivity contribution in [3.8, 4) is 11.8 Å². The molecule has 0 radical (unpaired) electrons. The Labute approximate surface area is 218 Å². The smallest absolute Gasteiger partial charge is 0.408 e. The predicted molar refractivity (Wildman–Crippen MR) is 135 cm³/mol. The highest BCUT2D eigenvalue weighted by atomic mass is 16.6. The maximum Gasteiger partial charge on any atom is 0.408 e. The van der Waals surface area contributed by atoms with Crippen molar-refractivity contribution >= 4 is 23.9 Å². The van der Waals surface area contributed by atoms with Crippen molar-refractivity contribution in [2.45, 2.75) is 72.6 Å². The molecule has 0 heterocycles. The number of rotatable bonds is 11. The Balaban J connectivity index is 3.39. The highest BCUT2D eigenvalue weighted by Crippen LogP contribution is 2.27. The van der Waals surface area contributed by atoms with E-state index in [1.807, 2.05) is 6.07 Å². The molecule has 1 aromatic carbocycles. The molecule has 2 atom stereocenters. The van der Waals surface area contributed by atoms with Crippen molar-refractivity contribution in [2.75, 3.05) is 19.7 Å². The van der Waals surface area contributed by atoms with Gasteiger partial charge >= 0.3 is 12.1 Å². The topological polar surface area (TPSA) is 158 Å². The molecule has 2 unspecified atom stereocenters. The Morgan fingerprint density at radius 2 is 1.84 bits per heavy atom. The van der Waals surface area contributed by atoms with Gasteiger partial charge in [-0.15, -0.1) is 0 Å². The van der Waals surface area contributed by atoms with E-state index in [9.17, 15) is 29.5 Å². The minimum atomic E-state index is -1.28. The lowest BCUT2D eigenvalue weighted by atomic mass is 9.97. The number of aromatic hydroxyl groups is 1. The lowest BCUT2D eigenvalue weighted by Crippen LogP contribution is -2.55. The summed E-state index contributed by atoms with van der Waals surface area (Å²) < 4.78 is 10.2. The van der Waals surface area contributed by atoms with Crippen molar-refractivity contribution in [3.63, 3.8) is 0 Å². The second kappa shape index (κ2) is 14.1. The Hall–Kier alpha value is -3.81. The van der Waals surface area contributed by atoms with Gasteiger partial charge in [-0.2, -0.15) is 5.26 Å². The average Bonchev–Trinajstić information content (AvgIpc) is 2.77. The van der Waals surface area contributed by atoms with Crippen LogP contribution in [0.4, 0.5) is 4.79 Å². The number of ether oxygens (including phenoxy) is 2. The van der Waals surface area contributed by atoms with Crippen LogP contribution in [0.15, 0.2) is 18.2 Å². The van der Waals surface area contributed by atoms with Crippen molar-refractivity contribution in [1.82, 2.24) is 15.5 Å². The van der Waals surface area contributed by atoms with Crippen LogP contribution in [-0.2, 0) is 23.9 Å². The van der Waals surface area contributed by atoms with Crippen molar-refractivity contribution < 1.29 is 33.8 Å². The van der Waals surface area contributed by atoms with Gasteiger partial charge in [0.1, 0.15) is 30.0 Å². The second-order valence-electron chi connectivity index (χ2n) is 9.79. The second-order valence-corrected chi connectivity index (χ2v) is 9.79. The zero-order chi connectivity index (χ0) is 28.3. The first-order valence-corrected chi connectivity index (χ1v) is 12.1. The van der Waals surface area contributed by atoms with Crippen molar-refractivity contribution in [3.05, 3.63) is 29.3 Å². The first-order chi connectivity index (χ1) is 17.2. The lowest BCUT2D eigenvalue weighted by Gasteiger charge is -2.34. The SMILES string of the molecule is CCOC(=O)CCNC(=O)C(c1ccc(O)c(C)c1)N(CC#N)C(=O)C(NC(=O)OC(C)(C)C)C(C)C. The molecule has 0 bridgehead atoms. The Bertz CT molecular complexity index is 1010. The van der Waals surface area contributed by atoms with Gasteiger partial charge in [0.25, 0.3) is 0 Å². The zero-order valence-electron chi connectivity index (χ0n) is 22.6. The van der Waals surface area contributed by atoms with Crippen LogP contribution in [0.5, 0.6) is 5.75 Å². The van der Waals surface area contributed by atoms with E-state index in [-0.39, 0.29) is 25.3 Å². The van der Waals surface area contributed by atoms with Gasteiger partial charge in [0.05, 0.1) is 19.1 Å². The molecular formula is C26H38N4O7. The molecule has 0 fully saturated rings. The maximum absolute atomic E-state index is 13.7. The average molecular weight is 519 g/mol. The number of nitriles is 1. The van der Waals surface area contributed by atoms with Gasteiger partial charge in [-0.25, -0.2) is 4.79 Å². The summed E-state index contributed by atoms with van der Waals surface area (Å²) in [6.07, 6.45) is -0.894. The summed E-state index contributed by atoms with van der Waals surface area (Å²) in [5.74, 6) is -2.21. The van der Waals surface area contributed by atoms with Crippen LogP contribution in [0.3, 0.4) is 0 Å². The third-order valence-corrected chi connectivity index (χ3v) is 5.16. The molecule has 0 aliphatic rings. The number of phenols is 1. The molecule has 0 aliphatic heterocycles. The van der Waals surface area contributed by atoms with E-state index in [1.54, 1.807) is 48.5 Å². The minimum Gasteiger partial charge on any atom is -0.508 e. The van der Waals surface area contributed by atoms with Gasteiger partial charge in [-0.05, 0) is 63.8 Å². The summed E-state index contributed by atoms with van der Waals surface area (Å²) in [6, 6.07) is 3.93. The molecule has 3 amide bonds. The fraction of sp³-hybridized carbons (Fsp3) is 0.577. The van der Waals surface area contributed by atoms with Crippen molar-refractivity contribution in [2.24, 2.45) is 5.92 Å². The van der Waals surface area contributed by atoms with Crippen LogP contribution >= 0.6 is 0 Å². The number of nitrogens with one attached hydrogen (secondary N) is 2. The summed E-state index contributed by atoms with van der Waals surface area (Å²) in [5.41, 5.74) is -0.00267. The number of esters is 1. The minimum absolute atomic E-state index is 0.00460. The number of carbonyl (C=O) groups is 4. The molecule has 1 rings (SSSR count). The van der Waals surface area contributed by atoms with Gasteiger partial charge in [-0.1, -0.05) is 19.9 Å². The number of hydrogen-bond acceptors (Lipinski definition) is 8. The van der Waals surface area contributed by atoms with Crippen LogP contribution in [-0.4, -0.2) is 65.2 Å². The van der Waals surface area contributed by atoms with E-state index in [0.717, 1.165) is 4.90 Å². The maximum atomic E-state index is 13.7. The number of amides is 3. The summed E-state index contributed by atoms with van der Waals surface area (Å²) in [4.78, 5) is 52.3. The summed E-state index contributed by atoms with van der Waals surface area (Å²) in [6.45, 7) is 11.5. The molecule has 204 valence electrons. The molecule has 1 aromatic rings. The molecule has 11 heteroatoms. The number of benzene rings is 1. The molecule has 3 N–H and O–H groups in total. The Kier molecular flexibility index (Phi) is 11.9. The lowest BCUT2D eigenvalue weighted by molar-refractivity contribution is -0.144. The van der Waals surface area contributed by atoms with Crippen LogP contribution in [0.2, 0.25) is 0 Å². The summed E-state index contributed by atoms with van der Waals surface area (Å²) in [7, 11) is 0. The normalized spacial score (nSPS) is 12.6. The molecule has 0 saturated heterocycles. The quantitative estimate of drug-likeness (QED) is 0.298. The fourth-order valence-electron chi connectivity index (χ4n) is 3.44. The highest BCUT2D eigenvalue weighted by Gasteiger charge is 2.37. The van der Waals surface area contributed by atoms with Gasteiger partial charge in [0.15, 0.2) is 0 Å². The molecule has 0 aliphatic carbocycles. The van der Waals surface area contributed by atoms with E-state index in [1.165, 1.54) is 18.2 Å². The molecule has 0 saturated carbocycles. The molecular weight excluding hydrogens is 480 g/mol. The van der Waals surface area contributed by atoms with Crippen molar-refractivity contribution in [1.29, 1.82) is 5.26 Å². The number of phenolic OH excluding ortho intramolecular Hbond substituents is 1. The van der Waals surface area contributed by atoms with E-state index in [2.05, 4.69) is 10.6 Å². The monoisotopic (exact) mass is 518 g/mol.